The Morgan fingerprint density at radius 1 is 1.03 bits per heavy atom. The van der Waals surface area contributed by atoms with Gasteiger partial charge in [0.2, 0.25) is 0 Å². The van der Waals surface area contributed by atoms with Crippen molar-refractivity contribution in [3.05, 3.63) is 95.6 Å². The fraction of sp³-hybridized carbons (Fsp3) is 0.0909. The topological polar surface area (TPSA) is 107 Å². The number of anilines is 1. The minimum atomic E-state index is -3.55. The van der Waals surface area contributed by atoms with Crippen LogP contribution in [-0.2, 0) is 15.6 Å². The van der Waals surface area contributed by atoms with Gasteiger partial charge in [-0.15, -0.1) is 5.10 Å². The van der Waals surface area contributed by atoms with Gasteiger partial charge in [-0.2, -0.15) is 4.68 Å². The molecule has 32 heavy (non-hydrogen) atoms. The normalized spacial score (nSPS) is 11.3. The van der Waals surface area contributed by atoms with Crippen molar-refractivity contribution in [2.75, 3.05) is 5.32 Å². The molecule has 0 radical (unpaired) electrons. The molecule has 8 nitrogen and oxygen atoms in total. The van der Waals surface area contributed by atoms with Crippen molar-refractivity contribution in [1.29, 1.82) is 0 Å². The summed E-state index contributed by atoms with van der Waals surface area (Å²) < 4.78 is 40.7. The largest absolute Gasteiger partial charge is 0.322 e. The Kier molecular flexibility index (Phi) is 5.78. The lowest BCUT2D eigenvalue weighted by molar-refractivity contribution is 0.102. The molecule has 0 aliphatic heterocycles. The number of tetrazole rings is 1. The Balaban J connectivity index is 1.55. The third-order valence-corrected chi connectivity index (χ3v) is 6.41. The van der Waals surface area contributed by atoms with Gasteiger partial charge in [0.15, 0.2) is 15.7 Å². The zero-order chi connectivity index (χ0) is 22.7. The first-order chi connectivity index (χ1) is 15.3. The van der Waals surface area contributed by atoms with Crippen LogP contribution in [0.2, 0.25) is 0 Å². The van der Waals surface area contributed by atoms with E-state index < -0.39 is 21.6 Å². The molecule has 1 N–H and O–H groups in total. The van der Waals surface area contributed by atoms with Crippen molar-refractivity contribution < 1.29 is 17.6 Å². The van der Waals surface area contributed by atoms with E-state index >= 15 is 0 Å². The molecule has 162 valence electrons. The first kappa shape index (κ1) is 21.3. The average molecular weight is 451 g/mol. The van der Waals surface area contributed by atoms with Gasteiger partial charge in [0.05, 0.1) is 10.6 Å². The molecule has 1 amide bonds. The lowest BCUT2D eigenvalue weighted by atomic mass is 10.1. The molecule has 0 saturated carbocycles. The smallest absolute Gasteiger partial charge is 0.255 e. The molecule has 0 aliphatic carbocycles. The molecule has 0 bridgehead atoms. The van der Waals surface area contributed by atoms with Crippen molar-refractivity contribution in [2.45, 2.75) is 17.6 Å². The van der Waals surface area contributed by atoms with Gasteiger partial charge in [0.1, 0.15) is 11.5 Å². The van der Waals surface area contributed by atoms with Crippen LogP contribution in [0.25, 0.3) is 5.69 Å². The van der Waals surface area contributed by atoms with Gasteiger partial charge in [-0.25, -0.2) is 12.8 Å². The van der Waals surface area contributed by atoms with Crippen molar-refractivity contribution >= 4 is 21.4 Å². The molecule has 4 aromatic rings. The molecule has 4 rings (SSSR count). The summed E-state index contributed by atoms with van der Waals surface area (Å²) in [6, 6.07) is 18.5. The number of hydrogen-bond acceptors (Lipinski definition) is 6. The molecule has 0 saturated heterocycles. The van der Waals surface area contributed by atoms with E-state index in [0.29, 0.717) is 17.1 Å². The molecule has 0 unspecified atom stereocenters. The second-order valence-electron chi connectivity index (χ2n) is 7.03. The number of rotatable bonds is 6. The highest BCUT2D eigenvalue weighted by atomic mass is 32.2. The summed E-state index contributed by atoms with van der Waals surface area (Å²) in [7, 11) is -3.55. The average Bonchev–Trinajstić information content (AvgIpc) is 3.21. The lowest BCUT2D eigenvalue weighted by Gasteiger charge is -2.10. The Morgan fingerprint density at radius 2 is 1.81 bits per heavy atom. The Morgan fingerprint density at radius 3 is 2.53 bits per heavy atom. The van der Waals surface area contributed by atoms with Crippen LogP contribution in [0.4, 0.5) is 10.1 Å². The fourth-order valence-corrected chi connectivity index (χ4v) is 4.50. The summed E-state index contributed by atoms with van der Waals surface area (Å²) in [5, 5.41) is 13.7. The predicted octanol–water partition coefficient (Wildman–Crippen LogP) is 3.34. The molecule has 1 heterocycles. The van der Waals surface area contributed by atoms with Crippen LogP contribution in [0.3, 0.4) is 0 Å². The van der Waals surface area contributed by atoms with Crippen LogP contribution in [0, 0.1) is 12.7 Å². The molecular weight excluding hydrogens is 433 g/mol. The molecule has 3 aromatic carbocycles. The monoisotopic (exact) mass is 451 g/mol. The van der Waals surface area contributed by atoms with E-state index in [-0.39, 0.29) is 21.9 Å². The molecular formula is C22H18FN5O3S. The van der Waals surface area contributed by atoms with Crippen LogP contribution in [0.5, 0.6) is 0 Å². The van der Waals surface area contributed by atoms with E-state index in [9.17, 15) is 17.6 Å². The lowest BCUT2D eigenvalue weighted by Crippen LogP contribution is -2.13. The highest BCUT2D eigenvalue weighted by Crippen LogP contribution is 2.21. The van der Waals surface area contributed by atoms with Gasteiger partial charge in [0.25, 0.3) is 5.91 Å². The fourth-order valence-electron chi connectivity index (χ4n) is 3.14. The number of aryl methyl sites for hydroxylation is 1. The Labute approximate surface area is 183 Å². The summed E-state index contributed by atoms with van der Waals surface area (Å²) in [6.45, 7) is 1.62. The van der Waals surface area contributed by atoms with E-state index in [1.165, 1.54) is 41.1 Å². The first-order valence-corrected chi connectivity index (χ1v) is 11.2. The van der Waals surface area contributed by atoms with Crippen LogP contribution in [-0.4, -0.2) is 34.5 Å². The van der Waals surface area contributed by atoms with E-state index in [2.05, 4.69) is 20.8 Å². The summed E-state index contributed by atoms with van der Waals surface area (Å²) in [4.78, 5) is 13.0. The number of nitrogens with one attached hydrogen (secondary N) is 1. The highest BCUT2D eigenvalue weighted by Gasteiger charge is 2.17. The Hall–Kier alpha value is -3.92. The molecule has 10 heteroatoms. The van der Waals surface area contributed by atoms with Gasteiger partial charge in [-0.05, 0) is 65.4 Å². The third-order valence-electron chi connectivity index (χ3n) is 4.71. The minimum absolute atomic E-state index is 0.0907. The number of carbonyl (C=O) groups is 1. The molecule has 0 spiro atoms. The van der Waals surface area contributed by atoms with Gasteiger partial charge in [0, 0.05) is 11.3 Å². The zero-order valence-corrected chi connectivity index (χ0v) is 17.8. The number of nitrogens with zero attached hydrogens (tertiary/aromatic N) is 4. The SMILES string of the molecule is Cc1nnnn1-c1cc(NC(=O)c2cccc(CS(=O)(=O)c3ccccc3)c2)ccc1F. The molecule has 0 aliphatic rings. The van der Waals surface area contributed by atoms with Crippen molar-refractivity contribution in [3.8, 4) is 5.69 Å². The van der Waals surface area contributed by atoms with Gasteiger partial charge in [-0.3, -0.25) is 4.79 Å². The molecule has 0 fully saturated rings. The van der Waals surface area contributed by atoms with Crippen molar-refractivity contribution in [1.82, 2.24) is 20.2 Å². The van der Waals surface area contributed by atoms with Crippen LogP contribution in [0.1, 0.15) is 21.7 Å². The van der Waals surface area contributed by atoms with E-state index in [1.807, 2.05) is 0 Å². The number of halogens is 1. The van der Waals surface area contributed by atoms with Gasteiger partial charge in [-0.1, -0.05) is 30.3 Å². The number of hydrogen-bond donors (Lipinski definition) is 1. The zero-order valence-electron chi connectivity index (χ0n) is 16.9. The number of amides is 1. The maximum Gasteiger partial charge on any atom is 0.255 e. The van der Waals surface area contributed by atoms with Crippen molar-refractivity contribution in [2.24, 2.45) is 0 Å². The van der Waals surface area contributed by atoms with Crippen LogP contribution >= 0.6 is 0 Å². The molecule has 0 atom stereocenters. The predicted molar refractivity (Wildman–Crippen MR) is 116 cm³/mol. The second-order valence-corrected chi connectivity index (χ2v) is 9.02. The summed E-state index contributed by atoms with van der Waals surface area (Å²) in [5.41, 5.74) is 1.18. The maximum atomic E-state index is 14.2. The minimum Gasteiger partial charge on any atom is -0.322 e. The maximum absolute atomic E-state index is 14.2. The summed E-state index contributed by atoms with van der Waals surface area (Å²) in [6.07, 6.45) is 0. The van der Waals surface area contributed by atoms with E-state index in [0.717, 1.165) is 0 Å². The standard InChI is InChI=1S/C22H18FN5O3S/c1-15-25-26-27-28(15)21-13-18(10-11-20(21)23)24-22(29)17-7-5-6-16(12-17)14-32(30,31)19-8-3-2-4-9-19/h2-13H,14H2,1H3,(H,24,29). The third kappa shape index (κ3) is 4.54. The van der Waals surface area contributed by atoms with Gasteiger partial charge >= 0.3 is 0 Å². The summed E-state index contributed by atoms with van der Waals surface area (Å²) in [5.74, 6) is -0.863. The Bertz CT molecular complexity index is 1390. The van der Waals surface area contributed by atoms with Crippen molar-refractivity contribution in [3.63, 3.8) is 0 Å². The van der Waals surface area contributed by atoms with E-state index in [4.69, 9.17) is 0 Å². The first-order valence-electron chi connectivity index (χ1n) is 9.56. The number of aromatic nitrogens is 4. The van der Waals surface area contributed by atoms with Crippen LogP contribution in [0.15, 0.2) is 77.7 Å². The van der Waals surface area contributed by atoms with Crippen LogP contribution < -0.4 is 5.32 Å². The summed E-state index contributed by atoms with van der Waals surface area (Å²) >= 11 is 0. The molecule has 1 aromatic heterocycles. The highest BCUT2D eigenvalue weighted by molar-refractivity contribution is 7.90. The van der Waals surface area contributed by atoms with E-state index in [1.54, 1.807) is 43.3 Å². The second kappa shape index (κ2) is 8.67. The van der Waals surface area contributed by atoms with Gasteiger partial charge < -0.3 is 5.32 Å². The number of sulfone groups is 1. The number of carbonyl (C=O) groups excluding carboxylic acids is 1. The quantitative estimate of drug-likeness (QED) is 0.482. The number of benzene rings is 3.